The lowest BCUT2D eigenvalue weighted by Crippen LogP contribution is -2.46. The minimum absolute atomic E-state index is 0.301. The molecule has 1 fully saturated rings. The van der Waals surface area contributed by atoms with Gasteiger partial charge in [-0.15, -0.1) is 0 Å². The Hall–Kier alpha value is -1.84. The van der Waals surface area contributed by atoms with E-state index in [0.717, 1.165) is 30.9 Å². The third kappa shape index (κ3) is 4.34. The van der Waals surface area contributed by atoms with Gasteiger partial charge in [0.1, 0.15) is 12.4 Å². The number of morpholine rings is 1. The van der Waals surface area contributed by atoms with Gasteiger partial charge in [-0.25, -0.2) is 0 Å². The summed E-state index contributed by atoms with van der Waals surface area (Å²) in [5, 5.41) is 0. The third-order valence-electron chi connectivity index (χ3n) is 4.13. The summed E-state index contributed by atoms with van der Waals surface area (Å²) in [5.74, 6) is 0.952. The largest absolute Gasteiger partial charge is 0.492 e. The quantitative estimate of drug-likeness (QED) is 0.837. The Morgan fingerprint density at radius 2 is 1.61 bits per heavy atom. The molecule has 2 atom stereocenters. The normalized spacial score (nSPS) is 22.0. The molecule has 3 nitrogen and oxygen atoms in total. The zero-order chi connectivity index (χ0) is 16.1. The maximum absolute atomic E-state index is 6.08. The zero-order valence-electron chi connectivity index (χ0n) is 13.9. The van der Waals surface area contributed by atoms with Crippen molar-refractivity contribution in [2.45, 2.75) is 26.1 Å². The first-order valence-corrected chi connectivity index (χ1v) is 8.37. The van der Waals surface area contributed by atoms with Crippen molar-refractivity contribution in [1.29, 1.82) is 0 Å². The highest BCUT2D eigenvalue weighted by Crippen LogP contribution is 2.29. The van der Waals surface area contributed by atoms with Crippen LogP contribution in [0.3, 0.4) is 0 Å². The van der Waals surface area contributed by atoms with Gasteiger partial charge < -0.3 is 9.47 Å². The highest BCUT2D eigenvalue weighted by Gasteiger charge is 2.21. The van der Waals surface area contributed by atoms with Crippen molar-refractivity contribution in [3.63, 3.8) is 0 Å². The second kappa shape index (κ2) is 7.62. The molecule has 0 bridgehead atoms. The van der Waals surface area contributed by atoms with Crippen LogP contribution in [0.15, 0.2) is 54.6 Å². The molecule has 2 unspecified atom stereocenters. The molecule has 122 valence electrons. The van der Waals surface area contributed by atoms with E-state index in [9.17, 15) is 0 Å². The lowest BCUT2D eigenvalue weighted by Gasteiger charge is -2.35. The zero-order valence-corrected chi connectivity index (χ0v) is 13.9. The molecule has 1 aliphatic rings. The second-order valence-electron chi connectivity index (χ2n) is 6.23. The molecule has 0 aliphatic carbocycles. The predicted molar refractivity (Wildman–Crippen MR) is 93.8 cm³/mol. The van der Waals surface area contributed by atoms with Gasteiger partial charge in [-0.2, -0.15) is 0 Å². The van der Waals surface area contributed by atoms with Crippen molar-refractivity contribution in [2.75, 3.05) is 26.2 Å². The van der Waals surface area contributed by atoms with E-state index < -0.39 is 0 Å². The molecule has 1 saturated heterocycles. The van der Waals surface area contributed by atoms with Crippen LogP contribution in [0.1, 0.15) is 13.8 Å². The van der Waals surface area contributed by atoms with E-state index >= 15 is 0 Å². The number of hydrogen-bond acceptors (Lipinski definition) is 3. The smallest absolute Gasteiger partial charge is 0.127 e. The molecule has 0 aromatic heterocycles. The van der Waals surface area contributed by atoms with E-state index in [1.165, 1.54) is 5.56 Å². The molecular formula is C20H25NO2. The Labute approximate surface area is 138 Å². The van der Waals surface area contributed by atoms with Gasteiger partial charge in [-0.3, -0.25) is 4.90 Å². The number of rotatable bonds is 5. The van der Waals surface area contributed by atoms with Crippen LogP contribution in [0.25, 0.3) is 11.1 Å². The van der Waals surface area contributed by atoms with Crippen LogP contribution in [0, 0.1) is 0 Å². The van der Waals surface area contributed by atoms with Gasteiger partial charge in [0.15, 0.2) is 0 Å². The third-order valence-corrected chi connectivity index (χ3v) is 4.13. The monoisotopic (exact) mass is 311 g/mol. The summed E-state index contributed by atoms with van der Waals surface area (Å²) >= 11 is 0. The van der Waals surface area contributed by atoms with Gasteiger partial charge in [0.2, 0.25) is 0 Å². The first-order chi connectivity index (χ1) is 11.2. The average Bonchev–Trinajstić information content (AvgIpc) is 2.55. The lowest BCUT2D eigenvalue weighted by molar-refractivity contribution is -0.0699. The first-order valence-electron chi connectivity index (χ1n) is 8.37. The molecule has 0 spiro atoms. The van der Waals surface area contributed by atoms with Gasteiger partial charge in [-0.1, -0.05) is 48.5 Å². The maximum Gasteiger partial charge on any atom is 0.127 e. The highest BCUT2D eigenvalue weighted by atomic mass is 16.5. The van der Waals surface area contributed by atoms with E-state index in [0.29, 0.717) is 18.8 Å². The van der Waals surface area contributed by atoms with Gasteiger partial charge >= 0.3 is 0 Å². The summed E-state index contributed by atoms with van der Waals surface area (Å²) < 4.78 is 11.9. The van der Waals surface area contributed by atoms with Crippen molar-refractivity contribution < 1.29 is 9.47 Å². The minimum Gasteiger partial charge on any atom is -0.492 e. The predicted octanol–water partition coefficient (Wildman–Crippen LogP) is 3.84. The van der Waals surface area contributed by atoms with E-state index in [-0.39, 0.29) is 0 Å². The summed E-state index contributed by atoms with van der Waals surface area (Å²) in [4.78, 5) is 2.42. The van der Waals surface area contributed by atoms with Crippen LogP contribution < -0.4 is 4.74 Å². The number of nitrogens with zero attached hydrogens (tertiary/aromatic N) is 1. The van der Waals surface area contributed by atoms with Gasteiger partial charge in [0.25, 0.3) is 0 Å². The summed E-state index contributed by atoms with van der Waals surface area (Å²) in [5.41, 5.74) is 2.34. The van der Waals surface area contributed by atoms with Crippen LogP contribution in [-0.4, -0.2) is 43.3 Å². The Morgan fingerprint density at radius 3 is 2.35 bits per heavy atom. The molecule has 2 aromatic rings. The summed E-state index contributed by atoms with van der Waals surface area (Å²) in [6, 6.07) is 18.6. The fourth-order valence-corrected chi connectivity index (χ4v) is 3.20. The second-order valence-corrected chi connectivity index (χ2v) is 6.23. The molecule has 3 rings (SSSR count). The molecule has 3 heteroatoms. The van der Waals surface area contributed by atoms with E-state index in [2.05, 4.69) is 55.1 Å². The first kappa shape index (κ1) is 16.0. The van der Waals surface area contributed by atoms with Gasteiger partial charge in [0, 0.05) is 25.2 Å². The summed E-state index contributed by atoms with van der Waals surface area (Å²) in [7, 11) is 0. The van der Waals surface area contributed by atoms with E-state index in [1.807, 2.05) is 18.2 Å². The fraction of sp³-hybridized carbons (Fsp3) is 0.400. The fourth-order valence-electron chi connectivity index (χ4n) is 3.20. The Balaban J connectivity index is 1.61. The molecular weight excluding hydrogens is 286 g/mol. The lowest BCUT2D eigenvalue weighted by atomic mass is 10.1. The van der Waals surface area contributed by atoms with Crippen LogP contribution in [0.4, 0.5) is 0 Å². The molecule has 0 N–H and O–H groups in total. The molecule has 2 aromatic carbocycles. The molecule has 0 amide bonds. The van der Waals surface area contributed by atoms with Crippen LogP contribution >= 0.6 is 0 Å². The number of para-hydroxylation sites is 1. The van der Waals surface area contributed by atoms with E-state index in [1.54, 1.807) is 0 Å². The molecule has 0 saturated carbocycles. The molecule has 1 heterocycles. The van der Waals surface area contributed by atoms with Crippen molar-refractivity contribution >= 4 is 0 Å². The van der Waals surface area contributed by atoms with Gasteiger partial charge in [-0.05, 0) is 25.5 Å². The summed E-state index contributed by atoms with van der Waals surface area (Å²) in [6.45, 7) is 7.86. The average molecular weight is 311 g/mol. The standard InChI is InChI=1S/C20H25NO2/c1-16-14-21(15-17(2)23-16)12-13-22-20-11-7-6-10-19(20)18-8-4-3-5-9-18/h3-11,16-17H,12-15H2,1-2H3. The van der Waals surface area contributed by atoms with Crippen molar-refractivity contribution in [2.24, 2.45) is 0 Å². The highest BCUT2D eigenvalue weighted by molar-refractivity contribution is 5.70. The van der Waals surface area contributed by atoms with Crippen LogP contribution in [-0.2, 0) is 4.74 Å². The van der Waals surface area contributed by atoms with Crippen molar-refractivity contribution in [1.82, 2.24) is 4.90 Å². The Morgan fingerprint density at radius 1 is 0.957 bits per heavy atom. The van der Waals surface area contributed by atoms with Crippen molar-refractivity contribution in [3.05, 3.63) is 54.6 Å². The molecule has 1 aliphatic heterocycles. The van der Waals surface area contributed by atoms with Crippen LogP contribution in [0.5, 0.6) is 5.75 Å². The Kier molecular flexibility index (Phi) is 5.31. The van der Waals surface area contributed by atoms with E-state index in [4.69, 9.17) is 9.47 Å². The topological polar surface area (TPSA) is 21.7 Å². The Bertz CT molecular complexity index is 604. The van der Waals surface area contributed by atoms with Crippen molar-refractivity contribution in [3.8, 4) is 16.9 Å². The maximum atomic E-state index is 6.08. The van der Waals surface area contributed by atoms with Gasteiger partial charge in [0.05, 0.1) is 12.2 Å². The molecule has 23 heavy (non-hydrogen) atoms. The SMILES string of the molecule is CC1CN(CCOc2ccccc2-c2ccccc2)CC(C)O1. The number of ether oxygens (including phenoxy) is 2. The number of hydrogen-bond donors (Lipinski definition) is 0. The summed E-state index contributed by atoms with van der Waals surface area (Å²) in [6.07, 6.45) is 0.603. The molecule has 0 radical (unpaired) electrons. The number of benzene rings is 2. The minimum atomic E-state index is 0.301. The van der Waals surface area contributed by atoms with Crippen LogP contribution in [0.2, 0.25) is 0 Å².